The van der Waals surface area contributed by atoms with Gasteiger partial charge in [-0.25, -0.2) is 4.39 Å². The molecular formula is C11H9BrFN3O. The molecule has 0 aliphatic carbocycles. The topological polar surface area (TPSA) is 57.8 Å². The highest BCUT2D eigenvalue weighted by Crippen LogP contribution is 2.19. The summed E-state index contributed by atoms with van der Waals surface area (Å²) in [6.07, 6.45) is 1.58. The van der Waals surface area contributed by atoms with Gasteiger partial charge in [0.15, 0.2) is 0 Å². The molecule has 2 aromatic rings. The lowest BCUT2D eigenvalue weighted by atomic mass is 10.2. The Hall–Kier alpha value is -1.69. The summed E-state index contributed by atoms with van der Waals surface area (Å²) in [5.41, 5.74) is 0.766. The zero-order chi connectivity index (χ0) is 12.4. The molecule has 0 spiro atoms. The molecule has 88 valence electrons. The van der Waals surface area contributed by atoms with Crippen molar-refractivity contribution in [1.29, 1.82) is 0 Å². The molecule has 0 saturated heterocycles. The van der Waals surface area contributed by atoms with Gasteiger partial charge in [0.05, 0.1) is 16.2 Å². The van der Waals surface area contributed by atoms with E-state index in [1.165, 1.54) is 12.1 Å². The molecule has 0 bridgehead atoms. The van der Waals surface area contributed by atoms with Gasteiger partial charge in [0.2, 0.25) is 0 Å². The Balaban J connectivity index is 2.27. The van der Waals surface area contributed by atoms with E-state index in [-0.39, 0.29) is 10.0 Å². The zero-order valence-corrected chi connectivity index (χ0v) is 10.5. The lowest BCUT2D eigenvalue weighted by Gasteiger charge is -2.05. The van der Waals surface area contributed by atoms with E-state index in [0.717, 1.165) is 5.56 Å². The minimum Gasteiger partial charge on any atom is -0.307 e. The van der Waals surface area contributed by atoms with E-state index in [1.807, 2.05) is 0 Å². The maximum absolute atomic E-state index is 13.6. The Morgan fingerprint density at radius 3 is 2.94 bits per heavy atom. The van der Waals surface area contributed by atoms with Crippen LogP contribution in [-0.4, -0.2) is 16.1 Å². The van der Waals surface area contributed by atoms with Gasteiger partial charge in [-0.3, -0.25) is 9.89 Å². The van der Waals surface area contributed by atoms with E-state index < -0.39 is 11.7 Å². The van der Waals surface area contributed by atoms with Crippen molar-refractivity contribution in [2.24, 2.45) is 0 Å². The molecule has 0 aliphatic heterocycles. The third kappa shape index (κ3) is 2.36. The molecule has 1 aromatic heterocycles. The Morgan fingerprint density at radius 1 is 1.53 bits per heavy atom. The van der Waals surface area contributed by atoms with Gasteiger partial charge in [0, 0.05) is 5.56 Å². The maximum atomic E-state index is 13.6. The van der Waals surface area contributed by atoms with Crippen LogP contribution in [-0.2, 0) is 0 Å². The molecule has 0 radical (unpaired) electrons. The number of halogens is 2. The number of rotatable bonds is 2. The van der Waals surface area contributed by atoms with Gasteiger partial charge in [-0.15, -0.1) is 0 Å². The first-order valence-corrected chi connectivity index (χ1v) is 5.64. The number of anilines is 1. The van der Waals surface area contributed by atoms with E-state index in [2.05, 4.69) is 31.4 Å². The fourth-order valence-corrected chi connectivity index (χ4v) is 1.70. The highest BCUT2D eigenvalue weighted by atomic mass is 79.9. The smallest absolute Gasteiger partial charge is 0.259 e. The van der Waals surface area contributed by atoms with Crippen LogP contribution in [0.15, 0.2) is 28.9 Å². The van der Waals surface area contributed by atoms with Gasteiger partial charge < -0.3 is 5.32 Å². The molecule has 6 heteroatoms. The average Bonchev–Trinajstić information content (AvgIpc) is 2.68. The number of nitrogens with one attached hydrogen (secondary N) is 2. The maximum Gasteiger partial charge on any atom is 0.259 e. The SMILES string of the molecule is Cc1cn[nH]c1NC(=O)c1cccc(Br)c1F. The highest BCUT2D eigenvalue weighted by molar-refractivity contribution is 9.10. The van der Waals surface area contributed by atoms with Crippen LogP contribution in [0, 0.1) is 12.7 Å². The Labute approximate surface area is 105 Å². The Morgan fingerprint density at radius 2 is 2.29 bits per heavy atom. The summed E-state index contributed by atoms with van der Waals surface area (Å²) >= 11 is 3.03. The van der Waals surface area contributed by atoms with Crippen molar-refractivity contribution in [3.63, 3.8) is 0 Å². The fraction of sp³-hybridized carbons (Fsp3) is 0.0909. The summed E-state index contributed by atoms with van der Waals surface area (Å²) in [6.45, 7) is 1.79. The average molecular weight is 298 g/mol. The first-order chi connectivity index (χ1) is 8.09. The minimum absolute atomic E-state index is 0.0200. The summed E-state index contributed by atoms with van der Waals surface area (Å²) in [5, 5.41) is 8.95. The minimum atomic E-state index is -0.581. The Kier molecular flexibility index (Phi) is 3.23. The second-order valence-corrected chi connectivity index (χ2v) is 4.34. The number of hydrogen-bond donors (Lipinski definition) is 2. The largest absolute Gasteiger partial charge is 0.307 e. The molecule has 0 atom stereocenters. The summed E-state index contributed by atoms with van der Waals surface area (Å²) in [4.78, 5) is 11.8. The quantitative estimate of drug-likeness (QED) is 0.895. The van der Waals surface area contributed by atoms with Crippen LogP contribution in [0.2, 0.25) is 0 Å². The first-order valence-electron chi connectivity index (χ1n) is 4.85. The Bertz CT molecular complexity index is 568. The van der Waals surface area contributed by atoms with Crippen molar-refractivity contribution in [1.82, 2.24) is 10.2 Å². The van der Waals surface area contributed by atoms with Gasteiger partial charge in [-0.2, -0.15) is 5.10 Å². The molecule has 1 aromatic carbocycles. The third-order valence-corrected chi connectivity index (χ3v) is 2.88. The molecule has 2 rings (SSSR count). The number of benzene rings is 1. The number of nitrogens with zero attached hydrogens (tertiary/aromatic N) is 1. The van der Waals surface area contributed by atoms with Crippen LogP contribution in [0.1, 0.15) is 15.9 Å². The number of amides is 1. The first kappa shape index (κ1) is 11.8. The summed E-state index contributed by atoms with van der Waals surface area (Å²) in [7, 11) is 0. The summed E-state index contributed by atoms with van der Waals surface area (Å²) in [5.74, 6) is -0.632. The van der Waals surface area contributed by atoms with Crippen LogP contribution in [0.3, 0.4) is 0 Å². The number of carbonyl (C=O) groups excluding carboxylic acids is 1. The fourth-order valence-electron chi connectivity index (χ4n) is 1.33. The molecule has 2 N–H and O–H groups in total. The molecule has 1 heterocycles. The lowest BCUT2D eigenvalue weighted by molar-refractivity contribution is 0.102. The van der Waals surface area contributed by atoms with E-state index in [0.29, 0.717) is 5.82 Å². The molecule has 0 fully saturated rings. The van der Waals surface area contributed by atoms with Crippen molar-refractivity contribution in [2.75, 3.05) is 5.32 Å². The van der Waals surface area contributed by atoms with Gasteiger partial charge in [0.25, 0.3) is 5.91 Å². The van der Waals surface area contributed by atoms with E-state index >= 15 is 0 Å². The van der Waals surface area contributed by atoms with Crippen molar-refractivity contribution in [3.8, 4) is 0 Å². The van der Waals surface area contributed by atoms with Gasteiger partial charge in [-0.05, 0) is 35.0 Å². The monoisotopic (exact) mass is 297 g/mol. The second-order valence-electron chi connectivity index (χ2n) is 3.48. The second kappa shape index (κ2) is 4.67. The van der Waals surface area contributed by atoms with E-state index in [9.17, 15) is 9.18 Å². The molecule has 0 unspecified atom stereocenters. The van der Waals surface area contributed by atoms with Crippen LogP contribution < -0.4 is 5.32 Å². The van der Waals surface area contributed by atoms with Gasteiger partial charge >= 0.3 is 0 Å². The molecule has 1 amide bonds. The number of H-pyrrole nitrogens is 1. The highest BCUT2D eigenvalue weighted by Gasteiger charge is 2.15. The molecule has 0 saturated carbocycles. The summed E-state index contributed by atoms with van der Waals surface area (Å²) < 4.78 is 13.9. The third-order valence-electron chi connectivity index (χ3n) is 2.26. The molecule has 0 aliphatic rings. The molecule has 4 nitrogen and oxygen atoms in total. The standard InChI is InChI=1S/C11H9BrFN3O/c1-6-5-14-16-10(6)15-11(17)7-3-2-4-8(12)9(7)13/h2-5H,1H3,(H2,14,15,16,17). The predicted octanol–water partition coefficient (Wildman–Crippen LogP) is 2.87. The van der Waals surface area contributed by atoms with Crippen molar-refractivity contribution in [3.05, 3.63) is 45.8 Å². The number of aromatic nitrogens is 2. The summed E-state index contributed by atoms with van der Waals surface area (Å²) in [6, 6.07) is 4.55. The lowest BCUT2D eigenvalue weighted by Crippen LogP contribution is -2.14. The van der Waals surface area contributed by atoms with Crippen LogP contribution in [0.4, 0.5) is 10.2 Å². The predicted molar refractivity (Wildman–Crippen MR) is 65.4 cm³/mol. The molecule has 17 heavy (non-hydrogen) atoms. The number of hydrogen-bond acceptors (Lipinski definition) is 2. The molecular weight excluding hydrogens is 289 g/mol. The van der Waals surface area contributed by atoms with E-state index in [4.69, 9.17) is 0 Å². The number of aryl methyl sites for hydroxylation is 1. The number of aromatic amines is 1. The normalized spacial score (nSPS) is 10.3. The van der Waals surface area contributed by atoms with Crippen molar-refractivity contribution >= 4 is 27.7 Å². The van der Waals surface area contributed by atoms with Crippen LogP contribution in [0.25, 0.3) is 0 Å². The van der Waals surface area contributed by atoms with Gasteiger partial charge in [-0.1, -0.05) is 6.07 Å². The number of carbonyl (C=O) groups is 1. The van der Waals surface area contributed by atoms with Crippen molar-refractivity contribution < 1.29 is 9.18 Å². The van der Waals surface area contributed by atoms with E-state index in [1.54, 1.807) is 19.2 Å². The zero-order valence-electron chi connectivity index (χ0n) is 8.92. The van der Waals surface area contributed by atoms with Crippen LogP contribution >= 0.6 is 15.9 Å². The van der Waals surface area contributed by atoms with Crippen LogP contribution in [0.5, 0.6) is 0 Å². The van der Waals surface area contributed by atoms with Gasteiger partial charge in [0.1, 0.15) is 11.6 Å². The van der Waals surface area contributed by atoms with Crippen molar-refractivity contribution in [2.45, 2.75) is 6.92 Å².